The molecular weight excluding hydrogens is 252 g/mol. The van der Waals surface area contributed by atoms with E-state index in [1.54, 1.807) is 0 Å². The summed E-state index contributed by atoms with van der Waals surface area (Å²) in [7, 11) is 0. The zero-order valence-corrected chi connectivity index (χ0v) is 10.4. The summed E-state index contributed by atoms with van der Waals surface area (Å²) in [5.41, 5.74) is 5.93. The minimum absolute atomic E-state index is 0.131. The van der Waals surface area contributed by atoms with Crippen LogP contribution < -0.4 is 10.6 Å². The van der Waals surface area contributed by atoms with Gasteiger partial charge < -0.3 is 20.7 Å². The summed E-state index contributed by atoms with van der Waals surface area (Å²) in [6, 6.07) is 7.63. The number of cyclic esters (lactones) is 1. The van der Waals surface area contributed by atoms with E-state index in [2.05, 4.69) is 5.73 Å². The number of primary amides is 1. The number of hydrogen-bond acceptors (Lipinski definition) is 4. The summed E-state index contributed by atoms with van der Waals surface area (Å²) in [5, 5.41) is 16.1. The molecular formula is C12H16N2O5. The van der Waals surface area contributed by atoms with E-state index in [9.17, 15) is 4.79 Å². The topological polar surface area (TPSA) is 113 Å². The summed E-state index contributed by atoms with van der Waals surface area (Å²) in [6.45, 7) is 2.25. The average molecular weight is 268 g/mol. The SMILES string of the molecule is Cc1cccc(N2CC(CO)OC2=O)c1.NC(=O)O. The lowest BCUT2D eigenvalue weighted by Crippen LogP contribution is -2.25. The van der Waals surface area contributed by atoms with Crippen molar-refractivity contribution in [1.29, 1.82) is 0 Å². The van der Waals surface area contributed by atoms with Crippen LogP contribution in [-0.2, 0) is 4.74 Å². The lowest BCUT2D eigenvalue weighted by atomic mass is 10.2. The number of amides is 2. The van der Waals surface area contributed by atoms with Crippen LogP contribution in [0.5, 0.6) is 0 Å². The first-order valence-electron chi connectivity index (χ1n) is 5.58. The van der Waals surface area contributed by atoms with E-state index in [1.165, 1.54) is 4.90 Å². The molecule has 0 radical (unpaired) electrons. The van der Waals surface area contributed by atoms with Gasteiger partial charge in [-0.05, 0) is 24.6 Å². The maximum Gasteiger partial charge on any atom is 0.414 e. The van der Waals surface area contributed by atoms with Gasteiger partial charge in [0, 0.05) is 5.69 Å². The van der Waals surface area contributed by atoms with E-state index in [-0.39, 0.29) is 12.7 Å². The van der Waals surface area contributed by atoms with E-state index in [0.29, 0.717) is 6.54 Å². The summed E-state index contributed by atoms with van der Waals surface area (Å²) < 4.78 is 4.95. The van der Waals surface area contributed by atoms with Gasteiger partial charge in [0.1, 0.15) is 6.10 Å². The van der Waals surface area contributed by atoms with Crippen molar-refractivity contribution in [3.8, 4) is 0 Å². The molecule has 1 unspecified atom stereocenters. The molecule has 1 atom stereocenters. The van der Waals surface area contributed by atoms with E-state index in [0.717, 1.165) is 11.3 Å². The van der Waals surface area contributed by atoms with Crippen LogP contribution >= 0.6 is 0 Å². The number of hydrogen-bond donors (Lipinski definition) is 3. The van der Waals surface area contributed by atoms with Crippen LogP contribution in [0.2, 0.25) is 0 Å². The normalized spacial score (nSPS) is 17.5. The van der Waals surface area contributed by atoms with Crippen LogP contribution in [-0.4, -0.2) is 41.7 Å². The number of carbonyl (C=O) groups excluding carboxylic acids is 1. The Morgan fingerprint density at radius 1 is 1.58 bits per heavy atom. The first-order valence-corrected chi connectivity index (χ1v) is 5.58. The van der Waals surface area contributed by atoms with Crippen LogP contribution in [0.1, 0.15) is 5.56 Å². The molecule has 7 heteroatoms. The predicted octanol–water partition coefficient (Wildman–Crippen LogP) is 0.936. The van der Waals surface area contributed by atoms with Gasteiger partial charge in [0.2, 0.25) is 0 Å². The predicted molar refractivity (Wildman–Crippen MR) is 68.1 cm³/mol. The molecule has 1 fully saturated rings. The van der Waals surface area contributed by atoms with E-state index >= 15 is 0 Å². The number of nitrogens with zero attached hydrogens (tertiary/aromatic N) is 1. The molecule has 0 spiro atoms. The van der Waals surface area contributed by atoms with E-state index in [1.807, 2.05) is 31.2 Å². The number of aliphatic hydroxyl groups is 1. The van der Waals surface area contributed by atoms with Gasteiger partial charge in [-0.3, -0.25) is 4.90 Å². The van der Waals surface area contributed by atoms with Gasteiger partial charge in [0.15, 0.2) is 0 Å². The average Bonchev–Trinajstić information content (AvgIpc) is 2.70. The lowest BCUT2D eigenvalue weighted by molar-refractivity contribution is 0.0963. The number of nitrogens with two attached hydrogens (primary N) is 1. The highest BCUT2D eigenvalue weighted by atomic mass is 16.6. The first kappa shape index (κ1) is 14.8. The molecule has 1 aromatic rings. The van der Waals surface area contributed by atoms with Gasteiger partial charge in [0.05, 0.1) is 13.2 Å². The highest BCUT2D eigenvalue weighted by Gasteiger charge is 2.31. The first-order chi connectivity index (χ1) is 8.93. The Morgan fingerprint density at radius 3 is 2.68 bits per heavy atom. The zero-order valence-electron chi connectivity index (χ0n) is 10.4. The number of rotatable bonds is 2. The van der Waals surface area contributed by atoms with Gasteiger partial charge in [-0.1, -0.05) is 12.1 Å². The van der Waals surface area contributed by atoms with Crippen LogP contribution in [0.15, 0.2) is 24.3 Å². The smallest absolute Gasteiger partial charge is 0.414 e. The molecule has 1 aliphatic heterocycles. The number of aliphatic hydroxyl groups excluding tert-OH is 1. The Morgan fingerprint density at radius 2 is 2.21 bits per heavy atom. The fourth-order valence-electron chi connectivity index (χ4n) is 1.62. The van der Waals surface area contributed by atoms with Crippen molar-refractivity contribution in [2.24, 2.45) is 5.73 Å². The molecule has 0 saturated carbocycles. The lowest BCUT2D eigenvalue weighted by Gasteiger charge is -2.12. The summed E-state index contributed by atoms with van der Waals surface area (Å²) >= 11 is 0. The minimum atomic E-state index is -1.33. The Bertz CT molecular complexity index is 459. The van der Waals surface area contributed by atoms with Crippen molar-refractivity contribution in [2.75, 3.05) is 18.1 Å². The second kappa shape index (κ2) is 6.60. The van der Waals surface area contributed by atoms with E-state index < -0.39 is 12.2 Å². The van der Waals surface area contributed by atoms with Crippen molar-refractivity contribution in [3.63, 3.8) is 0 Å². The van der Waals surface area contributed by atoms with Crippen LogP contribution in [0.3, 0.4) is 0 Å². The molecule has 19 heavy (non-hydrogen) atoms. The van der Waals surface area contributed by atoms with Gasteiger partial charge >= 0.3 is 12.2 Å². The largest absolute Gasteiger partial charge is 0.465 e. The molecule has 0 aliphatic carbocycles. The van der Waals surface area contributed by atoms with Gasteiger partial charge in [0.25, 0.3) is 0 Å². The fraction of sp³-hybridized carbons (Fsp3) is 0.333. The number of anilines is 1. The Hall–Kier alpha value is -2.28. The second-order valence-corrected chi connectivity index (χ2v) is 3.98. The van der Waals surface area contributed by atoms with Crippen LogP contribution in [0.4, 0.5) is 15.3 Å². The minimum Gasteiger partial charge on any atom is -0.465 e. The number of benzene rings is 1. The Balaban J connectivity index is 0.000000399. The summed E-state index contributed by atoms with van der Waals surface area (Å²) in [5.74, 6) is 0. The molecule has 2 amide bonds. The van der Waals surface area contributed by atoms with Gasteiger partial charge in [-0.15, -0.1) is 0 Å². The van der Waals surface area contributed by atoms with Crippen LogP contribution in [0, 0.1) is 6.92 Å². The third-order valence-corrected chi connectivity index (χ3v) is 2.39. The van der Waals surface area contributed by atoms with Gasteiger partial charge in [-0.25, -0.2) is 9.59 Å². The fourth-order valence-corrected chi connectivity index (χ4v) is 1.62. The number of ether oxygens (including phenoxy) is 1. The third kappa shape index (κ3) is 4.47. The van der Waals surface area contributed by atoms with Crippen molar-refractivity contribution >= 4 is 17.9 Å². The van der Waals surface area contributed by atoms with Gasteiger partial charge in [-0.2, -0.15) is 0 Å². The zero-order chi connectivity index (χ0) is 14.4. The molecule has 4 N–H and O–H groups in total. The molecule has 0 bridgehead atoms. The third-order valence-electron chi connectivity index (χ3n) is 2.39. The molecule has 7 nitrogen and oxygen atoms in total. The maximum atomic E-state index is 11.4. The Kier molecular flexibility index (Phi) is 5.13. The van der Waals surface area contributed by atoms with Crippen molar-refractivity contribution in [3.05, 3.63) is 29.8 Å². The highest BCUT2D eigenvalue weighted by Crippen LogP contribution is 2.22. The molecule has 1 heterocycles. The van der Waals surface area contributed by atoms with Crippen molar-refractivity contribution in [1.82, 2.24) is 0 Å². The van der Waals surface area contributed by atoms with Crippen LogP contribution in [0.25, 0.3) is 0 Å². The summed E-state index contributed by atoms with van der Waals surface area (Å²) in [6.07, 6.45) is -2.13. The Labute approximate surface area is 110 Å². The summed E-state index contributed by atoms with van der Waals surface area (Å²) in [4.78, 5) is 21.8. The van der Waals surface area contributed by atoms with E-state index in [4.69, 9.17) is 19.7 Å². The molecule has 2 rings (SSSR count). The second-order valence-electron chi connectivity index (χ2n) is 3.98. The number of carbonyl (C=O) groups is 2. The molecule has 1 aromatic carbocycles. The monoisotopic (exact) mass is 268 g/mol. The number of aryl methyl sites for hydroxylation is 1. The van der Waals surface area contributed by atoms with Crippen molar-refractivity contribution < 1.29 is 24.5 Å². The standard InChI is InChI=1S/C11H13NO3.CH3NO2/c1-8-3-2-4-9(5-8)12-6-10(7-13)15-11(12)14;2-1(3)4/h2-5,10,13H,6-7H2,1H3;2H2,(H,3,4). The molecule has 1 saturated heterocycles. The quantitative estimate of drug-likeness (QED) is 0.738. The highest BCUT2D eigenvalue weighted by molar-refractivity contribution is 5.89. The van der Waals surface area contributed by atoms with Crippen molar-refractivity contribution in [2.45, 2.75) is 13.0 Å². The molecule has 1 aliphatic rings. The maximum absolute atomic E-state index is 11.4. The molecule has 104 valence electrons. The molecule has 0 aromatic heterocycles. The number of carboxylic acid groups (broad SMARTS) is 1.